The van der Waals surface area contributed by atoms with E-state index in [1.54, 1.807) is 0 Å². The molecule has 1 nitrogen and oxygen atoms in total. The van der Waals surface area contributed by atoms with Gasteiger partial charge >= 0.3 is 0 Å². The summed E-state index contributed by atoms with van der Waals surface area (Å²) < 4.78 is 0. The highest BCUT2D eigenvalue weighted by atomic mass is 32.1. The summed E-state index contributed by atoms with van der Waals surface area (Å²) in [6.07, 6.45) is 3.75. The fraction of sp³-hybridized carbons (Fsp3) is 1.00. The molecule has 0 saturated carbocycles. The zero-order valence-corrected chi connectivity index (χ0v) is 5.91. The Hall–Kier alpha value is 0.310. The number of hydrogen-bond acceptors (Lipinski definition) is 1. The normalized spacial score (nSPS) is 7.71. The molecule has 0 amide bonds. The fourth-order valence-corrected chi connectivity index (χ4v) is 0.394. The molecule has 0 aliphatic heterocycles. The first-order chi connectivity index (χ1) is 2.91. The predicted octanol–water partition coefficient (Wildman–Crippen LogP) is 1.25. The lowest BCUT2D eigenvalue weighted by Crippen LogP contribution is -1.96. The van der Waals surface area contributed by atoms with Gasteiger partial charge in [0.15, 0.2) is 0 Å². The molecule has 0 heterocycles. The molecule has 0 unspecified atom stereocenters. The lowest BCUT2D eigenvalue weighted by atomic mass is 10.3. The van der Waals surface area contributed by atoms with E-state index in [2.05, 4.69) is 6.92 Å². The maximum absolute atomic E-state index is 5.21. The van der Waals surface area contributed by atoms with Crippen molar-refractivity contribution < 1.29 is 0 Å². The van der Waals surface area contributed by atoms with Gasteiger partial charge < -0.3 is 5.73 Å². The van der Waals surface area contributed by atoms with Gasteiger partial charge in [0.05, 0.1) is 0 Å². The fourth-order valence-electron chi connectivity index (χ4n) is 0.394. The Morgan fingerprint density at radius 1 is 1.29 bits per heavy atom. The van der Waals surface area contributed by atoms with Crippen LogP contribution in [0.1, 0.15) is 26.2 Å². The maximum atomic E-state index is 5.21. The zero-order chi connectivity index (χ0) is 4.83. The number of rotatable bonds is 3. The van der Waals surface area contributed by atoms with E-state index in [-0.39, 0.29) is 13.5 Å². The molecular formula is C5H15NS. The second-order valence-electron chi connectivity index (χ2n) is 1.50. The van der Waals surface area contributed by atoms with Crippen molar-refractivity contribution in [1.82, 2.24) is 0 Å². The smallest absolute Gasteiger partial charge is 0.00773 e. The molecule has 0 fully saturated rings. The summed E-state index contributed by atoms with van der Waals surface area (Å²) in [5, 5.41) is 0. The van der Waals surface area contributed by atoms with Crippen LogP contribution in [0.2, 0.25) is 0 Å². The van der Waals surface area contributed by atoms with E-state index in [0.29, 0.717) is 0 Å². The van der Waals surface area contributed by atoms with Crippen molar-refractivity contribution in [3.05, 3.63) is 0 Å². The molecule has 0 aliphatic carbocycles. The van der Waals surface area contributed by atoms with Crippen LogP contribution in [0.4, 0.5) is 0 Å². The van der Waals surface area contributed by atoms with Gasteiger partial charge in [-0.3, -0.25) is 0 Å². The topological polar surface area (TPSA) is 26.0 Å². The van der Waals surface area contributed by atoms with Crippen LogP contribution < -0.4 is 5.73 Å². The molecule has 0 radical (unpaired) electrons. The van der Waals surface area contributed by atoms with Crippen LogP contribution in [0, 0.1) is 0 Å². The highest BCUT2D eigenvalue weighted by molar-refractivity contribution is 7.59. The van der Waals surface area contributed by atoms with Crippen molar-refractivity contribution in [2.75, 3.05) is 6.54 Å². The molecule has 0 aliphatic rings. The van der Waals surface area contributed by atoms with Gasteiger partial charge in [-0.1, -0.05) is 19.8 Å². The SMILES string of the molecule is CCCCCN.S. The van der Waals surface area contributed by atoms with Crippen molar-refractivity contribution in [2.45, 2.75) is 26.2 Å². The molecule has 46 valence electrons. The molecule has 0 atom stereocenters. The molecule has 0 bridgehead atoms. The van der Waals surface area contributed by atoms with Gasteiger partial charge in [0.1, 0.15) is 0 Å². The summed E-state index contributed by atoms with van der Waals surface area (Å²) in [5.41, 5.74) is 5.21. The quantitative estimate of drug-likeness (QED) is 0.559. The highest BCUT2D eigenvalue weighted by Gasteiger charge is 1.75. The van der Waals surface area contributed by atoms with Gasteiger partial charge in [0, 0.05) is 0 Å². The van der Waals surface area contributed by atoms with Crippen LogP contribution in [0.25, 0.3) is 0 Å². The second-order valence-corrected chi connectivity index (χ2v) is 1.50. The molecule has 2 N–H and O–H groups in total. The van der Waals surface area contributed by atoms with Gasteiger partial charge in [-0.15, -0.1) is 0 Å². The molecule has 0 aromatic carbocycles. The Labute approximate surface area is 52.7 Å². The van der Waals surface area contributed by atoms with Crippen LogP contribution in [-0.4, -0.2) is 6.54 Å². The second kappa shape index (κ2) is 9.58. The summed E-state index contributed by atoms with van der Waals surface area (Å²) in [5.74, 6) is 0. The first-order valence-corrected chi connectivity index (χ1v) is 2.62. The Bertz CT molecular complexity index is 20.0. The number of hydrogen-bond donors (Lipinski definition) is 1. The lowest BCUT2D eigenvalue weighted by Gasteiger charge is -1.86. The molecule has 7 heavy (non-hydrogen) atoms. The van der Waals surface area contributed by atoms with Crippen molar-refractivity contribution in [3.63, 3.8) is 0 Å². The highest BCUT2D eigenvalue weighted by Crippen LogP contribution is 1.88. The van der Waals surface area contributed by atoms with Crippen LogP contribution in [0.15, 0.2) is 0 Å². The van der Waals surface area contributed by atoms with Gasteiger partial charge in [-0.25, -0.2) is 0 Å². The largest absolute Gasteiger partial charge is 0.330 e. The van der Waals surface area contributed by atoms with E-state index < -0.39 is 0 Å². The van der Waals surface area contributed by atoms with Crippen molar-refractivity contribution in [1.29, 1.82) is 0 Å². The van der Waals surface area contributed by atoms with Crippen LogP contribution in [0.3, 0.4) is 0 Å². The molecule has 0 aromatic heterocycles. The zero-order valence-electron chi connectivity index (χ0n) is 4.91. The molecule has 0 rings (SSSR count). The Morgan fingerprint density at radius 3 is 2.00 bits per heavy atom. The molecular weight excluding hydrogens is 106 g/mol. The number of unbranched alkanes of at least 4 members (excludes halogenated alkanes) is 2. The lowest BCUT2D eigenvalue weighted by molar-refractivity contribution is 0.727. The van der Waals surface area contributed by atoms with Gasteiger partial charge in [-0.2, -0.15) is 13.5 Å². The summed E-state index contributed by atoms with van der Waals surface area (Å²) in [6.45, 7) is 3.03. The first-order valence-electron chi connectivity index (χ1n) is 2.62. The van der Waals surface area contributed by atoms with Crippen LogP contribution in [0.5, 0.6) is 0 Å². The monoisotopic (exact) mass is 121 g/mol. The standard InChI is InChI=1S/C5H13N.H2S/c1-2-3-4-5-6;/h2-6H2,1H3;1H2. The van der Waals surface area contributed by atoms with Crippen LogP contribution >= 0.6 is 13.5 Å². The summed E-state index contributed by atoms with van der Waals surface area (Å²) in [4.78, 5) is 0. The Balaban J connectivity index is 0. The molecule has 0 spiro atoms. The third kappa shape index (κ3) is 10.7. The third-order valence-corrected chi connectivity index (χ3v) is 0.808. The minimum absolute atomic E-state index is 0. The van der Waals surface area contributed by atoms with E-state index in [1.807, 2.05) is 0 Å². The summed E-state index contributed by atoms with van der Waals surface area (Å²) in [6, 6.07) is 0. The Morgan fingerprint density at radius 2 is 1.86 bits per heavy atom. The van der Waals surface area contributed by atoms with E-state index in [9.17, 15) is 0 Å². The minimum Gasteiger partial charge on any atom is -0.330 e. The van der Waals surface area contributed by atoms with Gasteiger partial charge in [0.2, 0.25) is 0 Å². The summed E-state index contributed by atoms with van der Waals surface area (Å²) >= 11 is 0. The van der Waals surface area contributed by atoms with E-state index in [0.717, 1.165) is 6.54 Å². The molecule has 0 aromatic rings. The molecule has 2 heteroatoms. The average Bonchev–Trinajstić information content (AvgIpc) is 1.61. The minimum atomic E-state index is 0. The van der Waals surface area contributed by atoms with Crippen molar-refractivity contribution in [3.8, 4) is 0 Å². The Kier molecular flexibility index (Phi) is 14.1. The van der Waals surface area contributed by atoms with Crippen molar-refractivity contribution >= 4 is 13.5 Å². The number of nitrogens with two attached hydrogens (primary N) is 1. The molecule has 0 saturated heterocycles. The van der Waals surface area contributed by atoms with E-state index >= 15 is 0 Å². The van der Waals surface area contributed by atoms with E-state index in [4.69, 9.17) is 5.73 Å². The van der Waals surface area contributed by atoms with Crippen LogP contribution in [-0.2, 0) is 0 Å². The van der Waals surface area contributed by atoms with Gasteiger partial charge in [0.25, 0.3) is 0 Å². The summed E-state index contributed by atoms with van der Waals surface area (Å²) in [7, 11) is 0. The first kappa shape index (κ1) is 10.3. The maximum Gasteiger partial charge on any atom is -0.00773 e. The van der Waals surface area contributed by atoms with Gasteiger partial charge in [-0.05, 0) is 13.0 Å². The average molecular weight is 121 g/mol. The predicted molar refractivity (Wildman–Crippen MR) is 39.0 cm³/mol. The van der Waals surface area contributed by atoms with E-state index in [1.165, 1.54) is 19.3 Å². The third-order valence-electron chi connectivity index (χ3n) is 0.808. The van der Waals surface area contributed by atoms with Crippen molar-refractivity contribution in [2.24, 2.45) is 5.73 Å².